The van der Waals surface area contributed by atoms with Crippen molar-refractivity contribution < 1.29 is 9.53 Å². The van der Waals surface area contributed by atoms with Crippen LogP contribution >= 0.6 is 0 Å². The van der Waals surface area contributed by atoms with Crippen LogP contribution in [-0.2, 0) is 9.53 Å². The first-order valence-corrected chi connectivity index (χ1v) is 7.24. The number of carbonyl (C=O) groups excluding carboxylic acids is 1. The van der Waals surface area contributed by atoms with Crippen LogP contribution in [0.25, 0.3) is 0 Å². The van der Waals surface area contributed by atoms with Crippen molar-refractivity contribution in [3.63, 3.8) is 0 Å². The summed E-state index contributed by atoms with van der Waals surface area (Å²) in [6.07, 6.45) is 2.02. The zero-order valence-electron chi connectivity index (χ0n) is 11.7. The third-order valence-electron chi connectivity index (χ3n) is 3.90. The average Bonchev–Trinajstić information content (AvgIpc) is 2.47. The molecular formula is C15H21N3O2. The summed E-state index contributed by atoms with van der Waals surface area (Å²) in [5, 5.41) is 9.71. The van der Waals surface area contributed by atoms with E-state index in [9.17, 15) is 4.79 Å². The zero-order valence-corrected chi connectivity index (χ0v) is 11.7. The highest BCUT2D eigenvalue weighted by molar-refractivity contribution is 5.88. The molecule has 0 radical (unpaired) electrons. The Hall–Kier alpha value is -1.75. The van der Waals surface area contributed by atoms with Crippen molar-refractivity contribution in [1.82, 2.24) is 5.32 Å². The number of carbonyl (C=O) groups is 1. The van der Waals surface area contributed by atoms with E-state index in [1.165, 1.54) is 0 Å². The number of para-hydroxylation sites is 2. The third-order valence-corrected chi connectivity index (χ3v) is 3.90. The highest BCUT2D eigenvalue weighted by Crippen LogP contribution is 2.25. The molecule has 3 unspecified atom stereocenters. The molecule has 108 valence electrons. The quantitative estimate of drug-likeness (QED) is 0.767. The van der Waals surface area contributed by atoms with Crippen LogP contribution in [0.5, 0.6) is 0 Å². The molecule has 1 aromatic rings. The van der Waals surface area contributed by atoms with Crippen molar-refractivity contribution >= 4 is 17.3 Å². The molecule has 2 aliphatic rings. The maximum atomic E-state index is 12.3. The summed E-state index contributed by atoms with van der Waals surface area (Å²) < 4.78 is 5.50. The number of amides is 1. The molecule has 3 rings (SSSR count). The molecule has 1 fully saturated rings. The van der Waals surface area contributed by atoms with Crippen molar-refractivity contribution in [2.45, 2.75) is 38.0 Å². The van der Waals surface area contributed by atoms with E-state index in [-0.39, 0.29) is 24.1 Å². The van der Waals surface area contributed by atoms with E-state index in [2.05, 4.69) is 22.9 Å². The van der Waals surface area contributed by atoms with Gasteiger partial charge >= 0.3 is 0 Å². The van der Waals surface area contributed by atoms with E-state index in [1.54, 1.807) is 0 Å². The molecule has 5 nitrogen and oxygen atoms in total. The van der Waals surface area contributed by atoms with Crippen LogP contribution in [0.1, 0.15) is 19.8 Å². The van der Waals surface area contributed by atoms with Gasteiger partial charge in [0.25, 0.3) is 0 Å². The lowest BCUT2D eigenvalue weighted by Gasteiger charge is -2.32. The van der Waals surface area contributed by atoms with Gasteiger partial charge in [0, 0.05) is 19.2 Å². The van der Waals surface area contributed by atoms with Gasteiger partial charge in [-0.3, -0.25) is 4.79 Å². The fourth-order valence-corrected chi connectivity index (χ4v) is 2.80. The van der Waals surface area contributed by atoms with Crippen LogP contribution in [-0.4, -0.2) is 37.2 Å². The van der Waals surface area contributed by atoms with Gasteiger partial charge in [-0.25, -0.2) is 0 Å². The Morgan fingerprint density at radius 3 is 2.95 bits per heavy atom. The van der Waals surface area contributed by atoms with Crippen LogP contribution in [0.2, 0.25) is 0 Å². The Balaban J connectivity index is 1.59. The van der Waals surface area contributed by atoms with E-state index < -0.39 is 0 Å². The Morgan fingerprint density at radius 1 is 1.35 bits per heavy atom. The number of nitrogens with one attached hydrogen (secondary N) is 3. The lowest BCUT2D eigenvalue weighted by molar-refractivity contribution is -0.123. The molecule has 0 aromatic heterocycles. The minimum Gasteiger partial charge on any atom is -0.381 e. The molecule has 2 heterocycles. The maximum absolute atomic E-state index is 12.3. The molecule has 1 amide bonds. The van der Waals surface area contributed by atoms with Gasteiger partial charge in [0.05, 0.1) is 17.5 Å². The van der Waals surface area contributed by atoms with Crippen molar-refractivity contribution in [3.05, 3.63) is 24.3 Å². The maximum Gasteiger partial charge on any atom is 0.244 e. The van der Waals surface area contributed by atoms with Crippen molar-refractivity contribution in [3.8, 4) is 0 Å². The number of fused-ring (bicyclic) bond motifs is 1. The molecule has 0 aliphatic carbocycles. The predicted molar refractivity (Wildman–Crippen MR) is 78.9 cm³/mol. The van der Waals surface area contributed by atoms with Crippen LogP contribution in [0.4, 0.5) is 11.4 Å². The van der Waals surface area contributed by atoms with E-state index in [0.29, 0.717) is 6.54 Å². The molecule has 0 bridgehead atoms. The first-order valence-electron chi connectivity index (χ1n) is 7.24. The predicted octanol–water partition coefficient (Wildman–Crippen LogP) is 1.58. The van der Waals surface area contributed by atoms with Gasteiger partial charge in [-0.15, -0.1) is 0 Å². The SMILES string of the molecule is CC1CC(NC(=O)C2CNc3ccccc3N2)CCO1. The van der Waals surface area contributed by atoms with E-state index in [4.69, 9.17) is 4.74 Å². The summed E-state index contributed by atoms with van der Waals surface area (Å²) >= 11 is 0. The summed E-state index contributed by atoms with van der Waals surface area (Å²) in [4.78, 5) is 12.3. The molecule has 2 aliphatic heterocycles. The number of hydrogen-bond acceptors (Lipinski definition) is 4. The number of anilines is 2. The second-order valence-electron chi connectivity index (χ2n) is 5.53. The van der Waals surface area contributed by atoms with Crippen LogP contribution in [0, 0.1) is 0 Å². The van der Waals surface area contributed by atoms with Gasteiger partial charge < -0.3 is 20.7 Å². The highest BCUT2D eigenvalue weighted by Gasteiger charge is 2.27. The first kappa shape index (κ1) is 13.2. The summed E-state index contributed by atoms with van der Waals surface area (Å²) in [7, 11) is 0. The second-order valence-corrected chi connectivity index (χ2v) is 5.53. The summed E-state index contributed by atoms with van der Waals surface area (Å²) in [5.41, 5.74) is 2.04. The molecule has 0 spiro atoms. The Kier molecular flexibility index (Phi) is 3.78. The molecule has 20 heavy (non-hydrogen) atoms. The first-order chi connectivity index (χ1) is 9.72. The van der Waals surface area contributed by atoms with Gasteiger partial charge in [0.1, 0.15) is 6.04 Å². The molecule has 5 heteroatoms. The normalized spacial score (nSPS) is 28.8. The number of benzene rings is 1. The molecule has 1 saturated heterocycles. The van der Waals surface area contributed by atoms with Crippen molar-refractivity contribution in [1.29, 1.82) is 0 Å². The lowest BCUT2D eigenvalue weighted by Crippen LogP contribution is -2.51. The van der Waals surface area contributed by atoms with E-state index in [0.717, 1.165) is 30.8 Å². The summed E-state index contributed by atoms with van der Waals surface area (Å²) in [6.45, 7) is 3.39. The Labute approximate surface area is 119 Å². The molecule has 1 aromatic carbocycles. The third kappa shape index (κ3) is 2.88. The monoisotopic (exact) mass is 275 g/mol. The van der Waals surface area contributed by atoms with E-state index >= 15 is 0 Å². The Morgan fingerprint density at radius 2 is 2.15 bits per heavy atom. The number of ether oxygens (including phenoxy) is 1. The molecular weight excluding hydrogens is 254 g/mol. The second kappa shape index (κ2) is 5.71. The lowest BCUT2D eigenvalue weighted by atomic mass is 10.0. The van der Waals surface area contributed by atoms with Gasteiger partial charge in [-0.1, -0.05) is 12.1 Å². The smallest absolute Gasteiger partial charge is 0.244 e. The van der Waals surface area contributed by atoms with E-state index in [1.807, 2.05) is 24.3 Å². The summed E-state index contributed by atoms with van der Waals surface area (Å²) in [5.74, 6) is 0.0612. The minimum atomic E-state index is -0.219. The highest BCUT2D eigenvalue weighted by atomic mass is 16.5. The topological polar surface area (TPSA) is 62.4 Å². The molecule has 3 atom stereocenters. The van der Waals surface area contributed by atoms with Gasteiger partial charge in [0.15, 0.2) is 0 Å². The summed E-state index contributed by atoms with van der Waals surface area (Å²) in [6, 6.07) is 7.95. The zero-order chi connectivity index (χ0) is 13.9. The van der Waals surface area contributed by atoms with Gasteiger partial charge in [-0.05, 0) is 31.9 Å². The number of hydrogen-bond donors (Lipinski definition) is 3. The Bertz CT molecular complexity index is 492. The minimum absolute atomic E-state index is 0.0612. The molecule has 0 saturated carbocycles. The van der Waals surface area contributed by atoms with Crippen molar-refractivity contribution in [2.24, 2.45) is 0 Å². The van der Waals surface area contributed by atoms with Crippen LogP contribution < -0.4 is 16.0 Å². The van der Waals surface area contributed by atoms with Crippen molar-refractivity contribution in [2.75, 3.05) is 23.8 Å². The van der Waals surface area contributed by atoms with Crippen LogP contribution in [0.15, 0.2) is 24.3 Å². The van der Waals surface area contributed by atoms with Gasteiger partial charge in [-0.2, -0.15) is 0 Å². The average molecular weight is 275 g/mol. The molecule has 3 N–H and O–H groups in total. The van der Waals surface area contributed by atoms with Gasteiger partial charge in [0.2, 0.25) is 5.91 Å². The largest absolute Gasteiger partial charge is 0.381 e. The number of rotatable bonds is 2. The standard InChI is InChI=1S/C15H21N3O2/c1-10-8-11(6-7-20-10)17-15(19)14-9-16-12-4-2-3-5-13(12)18-14/h2-5,10-11,14,16,18H,6-9H2,1H3,(H,17,19). The fraction of sp³-hybridized carbons (Fsp3) is 0.533. The van der Waals surface area contributed by atoms with Crippen LogP contribution in [0.3, 0.4) is 0 Å². The fourth-order valence-electron chi connectivity index (χ4n) is 2.80.